The summed E-state index contributed by atoms with van der Waals surface area (Å²) in [4.78, 5) is 18.2. The fourth-order valence-corrected chi connectivity index (χ4v) is 5.58. The Labute approximate surface area is 273 Å². The topological polar surface area (TPSA) is 77.4 Å². The van der Waals surface area contributed by atoms with Crippen molar-refractivity contribution in [2.24, 2.45) is 9.98 Å². The Morgan fingerprint density at radius 1 is 1.15 bits per heavy atom. The number of pyridine rings is 1. The zero-order valence-corrected chi connectivity index (χ0v) is 27.2. The monoisotopic (exact) mass is 623 g/mol. The van der Waals surface area contributed by atoms with Gasteiger partial charge in [-0.05, 0) is 69.6 Å². The van der Waals surface area contributed by atoms with Gasteiger partial charge in [0.2, 0.25) is 0 Å². The summed E-state index contributed by atoms with van der Waals surface area (Å²) in [7, 11) is 2.05. The number of halogens is 1. The Balaban J connectivity index is 0.00000235. The van der Waals surface area contributed by atoms with Crippen molar-refractivity contribution in [3.05, 3.63) is 107 Å². The average Bonchev–Trinajstić information content (AvgIpc) is 3.22. The molecule has 9 heteroatoms. The van der Waals surface area contributed by atoms with E-state index in [0.717, 1.165) is 69.0 Å². The molecule has 1 aromatic carbocycles. The number of aromatic nitrogens is 1. The zero-order chi connectivity index (χ0) is 32.7. The molecule has 0 spiro atoms. The molecule has 0 amide bonds. The summed E-state index contributed by atoms with van der Waals surface area (Å²) in [6.45, 7) is 8.18. The number of rotatable bonds is 14. The second-order valence-corrected chi connectivity index (χ2v) is 11.4. The number of amidine groups is 1. The molecular formula is C37H46FN7O. The number of aliphatic imine (C=N–C) groups is 2. The maximum Gasteiger partial charge on any atom is 0.172 e. The molecule has 1 fully saturated rings. The van der Waals surface area contributed by atoms with Gasteiger partial charge in [-0.2, -0.15) is 0 Å². The lowest BCUT2D eigenvalue weighted by atomic mass is 10.1. The summed E-state index contributed by atoms with van der Waals surface area (Å²) in [5.41, 5.74) is 5.08. The fourth-order valence-electron chi connectivity index (χ4n) is 5.58. The summed E-state index contributed by atoms with van der Waals surface area (Å²) >= 11 is 0. The van der Waals surface area contributed by atoms with E-state index in [0.29, 0.717) is 12.2 Å². The highest BCUT2D eigenvalue weighted by atomic mass is 19.1. The number of terminal acetylenes is 1. The predicted octanol–water partition coefficient (Wildman–Crippen LogP) is 6.24. The molecule has 4 heterocycles. The molecule has 2 atom stereocenters. The molecule has 0 saturated carbocycles. The van der Waals surface area contributed by atoms with Gasteiger partial charge in [0.15, 0.2) is 6.23 Å². The summed E-state index contributed by atoms with van der Waals surface area (Å²) < 4.78 is 20.2. The number of nitrogens with zero attached hydrogens (tertiary/aromatic N) is 5. The second kappa shape index (κ2) is 17.8. The van der Waals surface area contributed by atoms with Crippen molar-refractivity contribution in [2.75, 3.05) is 26.7 Å². The van der Waals surface area contributed by atoms with E-state index >= 15 is 0 Å². The quantitative estimate of drug-likeness (QED) is 0.147. The van der Waals surface area contributed by atoms with Crippen molar-refractivity contribution in [3.8, 4) is 12.8 Å². The highest BCUT2D eigenvalue weighted by Crippen LogP contribution is 2.32. The van der Waals surface area contributed by atoms with Crippen LogP contribution < -0.4 is 10.6 Å². The third-order valence-electron chi connectivity index (χ3n) is 7.97. The molecule has 2 unspecified atom stereocenters. The molecule has 242 valence electrons. The smallest absolute Gasteiger partial charge is 0.172 e. The Morgan fingerprint density at radius 3 is 2.80 bits per heavy atom. The second-order valence-electron chi connectivity index (χ2n) is 11.4. The Kier molecular flexibility index (Phi) is 13.3. The van der Waals surface area contributed by atoms with Crippen LogP contribution in [-0.4, -0.2) is 65.9 Å². The number of para-hydroxylation sites is 1. The number of benzene rings is 1. The number of fused-ring (bicyclic) bond motifs is 2. The van der Waals surface area contributed by atoms with Crippen LogP contribution in [0, 0.1) is 18.7 Å². The first kappa shape index (κ1) is 34.4. The zero-order valence-electron chi connectivity index (χ0n) is 27.2. The van der Waals surface area contributed by atoms with Crippen molar-refractivity contribution in [1.82, 2.24) is 25.4 Å². The van der Waals surface area contributed by atoms with E-state index in [1.165, 1.54) is 23.0 Å². The van der Waals surface area contributed by atoms with E-state index in [4.69, 9.17) is 9.73 Å². The van der Waals surface area contributed by atoms with E-state index < -0.39 is 0 Å². The van der Waals surface area contributed by atoms with Gasteiger partial charge in [0.1, 0.15) is 23.6 Å². The summed E-state index contributed by atoms with van der Waals surface area (Å²) in [5.74, 6) is 1.66. The van der Waals surface area contributed by atoms with Gasteiger partial charge in [0, 0.05) is 58.0 Å². The van der Waals surface area contributed by atoms with E-state index in [1.807, 2.05) is 19.1 Å². The molecule has 0 aliphatic carbocycles. The molecule has 2 aromatic rings. The third-order valence-corrected chi connectivity index (χ3v) is 7.97. The Morgan fingerprint density at radius 2 is 1.98 bits per heavy atom. The number of hydrogen-bond acceptors (Lipinski definition) is 8. The van der Waals surface area contributed by atoms with Crippen molar-refractivity contribution >= 4 is 17.7 Å². The first-order chi connectivity index (χ1) is 22.5. The van der Waals surface area contributed by atoms with Crippen molar-refractivity contribution < 1.29 is 9.13 Å². The number of hydrogen-bond donors (Lipinski definition) is 2. The Hall–Kier alpha value is -4.52. The normalized spacial score (nSPS) is 18.9. The van der Waals surface area contributed by atoms with Crippen molar-refractivity contribution in [2.45, 2.75) is 65.0 Å². The SMILES string of the molecule is C#C.C/C=C\C=C(/C)CN1Cc2ccccc2N=C1CCCNCCCC1OC2=CC=NC(NCc3ncccc3F)C=C2N1C. The van der Waals surface area contributed by atoms with E-state index in [2.05, 4.69) is 99.7 Å². The maximum atomic E-state index is 14.0. The van der Waals surface area contributed by atoms with Crippen LogP contribution in [0.5, 0.6) is 0 Å². The van der Waals surface area contributed by atoms with Gasteiger partial charge >= 0.3 is 0 Å². The fraction of sp³-hybridized carbons (Fsp3) is 0.378. The summed E-state index contributed by atoms with van der Waals surface area (Å²) in [6, 6.07) is 11.5. The Bertz CT molecular complexity index is 1510. The van der Waals surface area contributed by atoms with Gasteiger partial charge in [-0.15, -0.1) is 12.8 Å². The standard InChI is InChI=1S/C35H44FN7O.C2H2/c1-4-5-11-26(2)24-43-25-27-12-6-7-14-29(27)41-34(43)15-9-18-37-19-10-16-35-42(3)31-22-33(39-21-17-32(31)44-35)40-23-30-28(36)13-8-20-38-30;1-2/h4-8,11-14,17,20-22,33,35,37,40H,9-10,15-16,18-19,23-25H2,1-3H3;1-2H/b5-4-,26-11+;. The molecule has 1 saturated heterocycles. The molecule has 3 aliphatic heterocycles. The van der Waals surface area contributed by atoms with Crippen LogP contribution >= 0.6 is 0 Å². The highest BCUT2D eigenvalue weighted by Gasteiger charge is 2.31. The number of allylic oxidation sites excluding steroid dienone is 4. The molecular weight excluding hydrogens is 577 g/mol. The van der Waals surface area contributed by atoms with E-state index in [9.17, 15) is 4.39 Å². The molecule has 8 nitrogen and oxygen atoms in total. The molecule has 5 rings (SSSR count). The van der Waals surface area contributed by atoms with Gasteiger partial charge in [0.25, 0.3) is 0 Å². The van der Waals surface area contributed by atoms with E-state index in [-0.39, 0.29) is 18.2 Å². The highest BCUT2D eigenvalue weighted by molar-refractivity contribution is 5.87. The van der Waals surface area contributed by atoms with E-state index in [1.54, 1.807) is 18.5 Å². The van der Waals surface area contributed by atoms with Crippen LogP contribution in [0.15, 0.2) is 100.0 Å². The molecule has 1 aromatic heterocycles. The number of likely N-dealkylation sites (N-methyl/N-ethyl adjacent to an activating group) is 1. The van der Waals surface area contributed by atoms with Gasteiger partial charge < -0.3 is 19.9 Å². The molecule has 3 aliphatic rings. The lowest BCUT2D eigenvalue weighted by molar-refractivity contribution is 0.0655. The van der Waals surface area contributed by atoms with Gasteiger partial charge in [0.05, 0.1) is 17.1 Å². The predicted molar refractivity (Wildman–Crippen MR) is 186 cm³/mol. The van der Waals surface area contributed by atoms with Crippen LogP contribution in [0.3, 0.4) is 0 Å². The maximum absolute atomic E-state index is 14.0. The number of nitrogens with one attached hydrogen (secondary N) is 2. The first-order valence-electron chi connectivity index (χ1n) is 15.9. The molecule has 2 N–H and O–H groups in total. The molecule has 0 radical (unpaired) electrons. The minimum atomic E-state index is -0.322. The summed E-state index contributed by atoms with van der Waals surface area (Å²) in [6.07, 6.45) is 25.2. The van der Waals surface area contributed by atoms with Gasteiger partial charge in [-0.25, -0.2) is 9.38 Å². The lowest BCUT2D eigenvalue weighted by Crippen LogP contribution is -2.34. The summed E-state index contributed by atoms with van der Waals surface area (Å²) in [5, 5.41) is 6.89. The van der Waals surface area contributed by atoms with Gasteiger partial charge in [-0.1, -0.05) is 42.0 Å². The minimum Gasteiger partial charge on any atom is -0.468 e. The van der Waals surface area contributed by atoms with Crippen LogP contribution in [0.4, 0.5) is 10.1 Å². The van der Waals surface area contributed by atoms with Crippen molar-refractivity contribution in [3.63, 3.8) is 0 Å². The van der Waals surface area contributed by atoms with Crippen molar-refractivity contribution in [1.29, 1.82) is 0 Å². The van der Waals surface area contributed by atoms with Crippen LogP contribution in [0.1, 0.15) is 50.8 Å². The third kappa shape index (κ3) is 9.49. The lowest BCUT2D eigenvalue weighted by Gasteiger charge is -2.31. The molecule has 0 bridgehead atoms. The first-order valence-corrected chi connectivity index (χ1v) is 15.9. The largest absolute Gasteiger partial charge is 0.468 e. The average molecular weight is 624 g/mol. The molecule has 46 heavy (non-hydrogen) atoms. The number of ether oxygens (including phenoxy) is 1. The van der Waals surface area contributed by atoms with Crippen LogP contribution in [-0.2, 0) is 17.8 Å². The van der Waals surface area contributed by atoms with Crippen LogP contribution in [0.25, 0.3) is 0 Å². The van der Waals surface area contributed by atoms with Gasteiger partial charge in [-0.3, -0.25) is 15.3 Å². The van der Waals surface area contributed by atoms with Crippen LogP contribution in [0.2, 0.25) is 0 Å². The minimum absolute atomic E-state index is 0.0289.